The molecule has 0 unspecified atom stereocenters. The molecule has 0 bridgehead atoms. The molecule has 22 heavy (non-hydrogen) atoms. The van der Waals surface area contributed by atoms with Crippen LogP contribution in [0.25, 0.3) is 0 Å². The summed E-state index contributed by atoms with van der Waals surface area (Å²) >= 11 is 13.6. The molecule has 116 valence electrons. The van der Waals surface area contributed by atoms with Gasteiger partial charge in [0, 0.05) is 24.9 Å². The molecular formula is C15H15Cl2N3OS. The molecule has 0 atom stereocenters. The van der Waals surface area contributed by atoms with Gasteiger partial charge in [0.1, 0.15) is 17.2 Å². The smallest absolute Gasteiger partial charge is 0.133 e. The third kappa shape index (κ3) is 4.04. The predicted octanol–water partition coefficient (Wildman–Crippen LogP) is 3.91. The van der Waals surface area contributed by atoms with Crippen LogP contribution >= 0.6 is 35.0 Å². The number of benzene rings is 1. The molecule has 0 amide bonds. The highest BCUT2D eigenvalue weighted by atomic mass is 35.5. The maximum Gasteiger partial charge on any atom is 0.133 e. The van der Waals surface area contributed by atoms with Crippen molar-refractivity contribution in [2.45, 2.75) is 10.8 Å². The Morgan fingerprint density at radius 3 is 2.68 bits per heavy atom. The van der Waals surface area contributed by atoms with Crippen LogP contribution in [0.4, 0.5) is 5.82 Å². The summed E-state index contributed by atoms with van der Waals surface area (Å²) in [5, 5.41) is 2.10. The minimum Gasteiger partial charge on any atom is -0.378 e. The summed E-state index contributed by atoms with van der Waals surface area (Å²) < 4.78 is 5.36. The molecule has 0 radical (unpaired) electrons. The van der Waals surface area contributed by atoms with E-state index in [0.29, 0.717) is 10.0 Å². The summed E-state index contributed by atoms with van der Waals surface area (Å²) in [7, 11) is 0. The second kappa shape index (κ2) is 7.51. The minimum atomic E-state index is 0.576. The molecule has 3 rings (SSSR count). The highest BCUT2D eigenvalue weighted by Crippen LogP contribution is 2.27. The highest BCUT2D eigenvalue weighted by Gasteiger charge is 2.13. The van der Waals surface area contributed by atoms with Crippen molar-refractivity contribution < 1.29 is 4.74 Å². The van der Waals surface area contributed by atoms with Crippen molar-refractivity contribution in [3.8, 4) is 0 Å². The summed E-state index contributed by atoms with van der Waals surface area (Å²) in [6.45, 7) is 3.23. The van der Waals surface area contributed by atoms with E-state index >= 15 is 0 Å². The van der Waals surface area contributed by atoms with Gasteiger partial charge in [0.15, 0.2) is 0 Å². The van der Waals surface area contributed by atoms with Crippen molar-refractivity contribution in [3.63, 3.8) is 0 Å². The molecule has 1 aliphatic rings. The average molecular weight is 356 g/mol. The van der Waals surface area contributed by atoms with Gasteiger partial charge in [0.05, 0.1) is 23.3 Å². The fourth-order valence-corrected chi connectivity index (χ4v) is 3.29. The number of hydrogen-bond donors (Lipinski definition) is 0. The van der Waals surface area contributed by atoms with E-state index < -0.39 is 0 Å². The van der Waals surface area contributed by atoms with Crippen LogP contribution in [0.15, 0.2) is 35.6 Å². The van der Waals surface area contributed by atoms with Crippen molar-refractivity contribution >= 4 is 40.8 Å². The number of thioether (sulfide) groups is 1. The van der Waals surface area contributed by atoms with Crippen LogP contribution in [0.1, 0.15) is 5.56 Å². The third-order valence-corrected chi connectivity index (χ3v) is 5.07. The summed E-state index contributed by atoms with van der Waals surface area (Å²) in [4.78, 5) is 10.9. The molecule has 0 spiro atoms. The summed E-state index contributed by atoms with van der Waals surface area (Å²) in [5.74, 6) is 1.74. The lowest BCUT2D eigenvalue weighted by atomic mass is 10.2. The fourth-order valence-electron chi connectivity index (χ4n) is 2.16. The molecule has 1 aromatic heterocycles. The Labute approximate surface area is 143 Å². The lowest BCUT2D eigenvalue weighted by molar-refractivity contribution is 0.122. The number of aromatic nitrogens is 2. The first-order valence-corrected chi connectivity index (χ1v) is 8.68. The molecule has 0 aliphatic carbocycles. The monoisotopic (exact) mass is 355 g/mol. The Bertz CT molecular complexity index is 650. The molecule has 1 saturated heterocycles. The second-order valence-corrected chi connectivity index (χ2v) is 6.66. The summed E-state index contributed by atoms with van der Waals surface area (Å²) in [6.07, 6.45) is 1.61. The van der Waals surface area contributed by atoms with Gasteiger partial charge in [-0.05, 0) is 17.7 Å². The average Bonchev–Trinajstić information content (AvgIpc) is 2.57. The maximum absolute atomic E-state index is 6.04. The Balaban J connectivity index is 1.66. The van der Waals surface area contributed by atoms with E-state index in [4.69, 9.17) is 27.9 Å². The summed E-state index contributed by atoms with van der Waals surface area (Å²) in [6, 6.07) is 7.71. The number of rotatable bonds is 4. The van der Waals surface area contributed by atoms with Gasteiger partial charge in [-0.1, -0.05) is 29.3 Å². The molecule has 1 aliphatic heterocycles. The summed E-state index contributed by atoms with van der Waals surface area (Å²) in [5.41, 5.74) is 1.12. The zero-order chi connectivity index (χ0) is 15.4. The quantitative estimate of drug-likeness (QED) is 0.613. The molecule has 4 nitrogen and oxygen atoms in total. The van der Waals surface area contributed by atoms with Gasteiger partial charge in [-0.2, -0.15) is 0 Å². The van der Waals surface area contributed by atoms with Crippen LogP contribution < -0.4 is 4.90 Å². The van der Waals surface area contributed by atoms with Crippen LogP contribution in [0.5, 0.6) is 0 Å². The lowest BCUT2D eigenvalue weighted by Crippen LogP contribution is -2.36. The number of ether oxygens (including phenoxy) is 1. The van der Waals surface area contributed by atoms with E-state index in [1.54, 1.807) is 18.1 Å². The van der Waals surface area contributed by atoms with Crippen LogP contribution in [0, 0.1) is 0 Å². The SMILES string of the molecule is Clc1ccc(CSc2cc(N3CCOCC3)ncn2)cc1Cl. The molecular weight excluding hydrogens is 341 g/mol. The van der Waals surface area contributed by atoms with E-state index in [1.165, 1.54) is 0 Å². The van der Waals surface area contributed by atoms with Crippen LogP contribution in [0.3, 0.4) is 0 Å². The molecule has 2 heterocycles. The maximum atomic E-state index is 6.04. The zero-order valence-electron chi connectivity index (χ0n) is 11.8. The van der Waals surface area contributed by atoms with Crippen molar-refractivity contribution in [2.24, 2.45) is 0 Å². The molecule has 2 aromatic rings. The van der Waals surface area contributed by atoms with Crippen LogP contribution in [0.2, 0.25) is 10.0 Å². The van der Waals surface area contributed by atoms with Gasteiger partial charge >= 0.3 is 0 Å². The molecule has 0 N–H and O–H groups in total. The molecule has 1 aromatic carbocycles. The van der Waals surface area contributed by atoms with Crippen LogP contribution in [-0.2, 0) is 10.5 Å². The fraction of sp³-hybridized carbons (Fsp3) is 0.333. The first kappa shape index (κ1) is 15.9. The first-order chi connectivity index (χ1) is 10.7. The number of morpholine rings is 1. The van der Waals surface area contributed by atoms with Crippen LogP contribution in [-0.4, -0.2) is 36.3 Å². The largest absolute Gasteiger partial charge is 0.378 e. The Morgan fingerprint density at radius 1 is 1.09 bits per heavy atom. The van der Waals surface area contributed by atoms with Gasteiger partial charge in [-0.25, -0.2) is 9.97 Å². The Kier molecular flexibility index (Phi) is 5.41. The van der Waals surface area contributed by atoms with E-state index in [0.717, 1.165) is 48.5 Å². The first-order valence-electron chi connectivity index (χ1n) is 6.94. The minimum absolute atomic E-state index is 0.576. The zero-order valence-corrected chi connectivity index (χ0v) is 14.2. The number of anilines is 1. The van der Waals surface area contributed by atoms with E-state index in [9.17, 15) is 0 Å². The normalized spacial score (nSPS) is 15.1. The van der Waals surface area contributed by atoms with Crippen molar-refractivity contribution in [2.75, 3.05) is 31.2 Å². The lowest BCUT2D eigenvalue weighted by Gasteiger charge is -2.27. The second-order valence-electron chi connectivity index (χ2n) is 4.85. The van der Waals surface area contributed by atoms with Gasteiger partial charge in [0.2, 0.25) is 0 Å². The predicted molar refractivity (Wildman–Crippen MR) is 91.1 cm³/mol. The van der Waals surface area contributed by atoms with Crippen molar-refractivity contribution in [1.29, 1.82) is 0 Å². The van der Waals surface area contributed by atoms with Crippen molar-refractivity contribution in [1.82, 2.24) is 9.97 Å². The molecule has 7 heteroatoms. The van der Waals surface area contributed by atoms with E-state index in [1.807, 2.05) is 24.3 Å². The number of nitrogens with zero attached hydrogens (tertiary/aromatic N) is 3. The molecule has 1 fully saturated rings. The highest BCUT2D eigenvalue weighted by molar-refractivity contribution is 7.98. The van der Waals surface area contributed by atoms with Gasteiger partial charge in [-0.3, -0.25) is 0 Å². The van der Waals surface area contributed by atoms with E-state index in [-0.39, 0.29) is 0 Å². The van der Waals surface area contributed by atoms with Gasteiger partial charge in [0.25, 0.3) is 0 Å². The van der Waals surface area contributed by atoms with E-state index in [2.05, 4.69) is 14.9 Å². The topological polar surface area (TPSA) is 38.2 Å². The van der Waals surface area contributed by atoms with Crippen molar-refractivity contribution in [3.05, 3.63) is 46.2 Å². The third-order valence-electron chi connectivity index (χ3n) is 3.33. The standard InChI is InChI=1S/C15H15Cl2N3OS/c16-12-2-1-11(7-13(12)17)9-22-15-8-14(18-10-19-15)20-3-5-21-6-4-20/h1-2,7-8,10H,3-6,9H2. The molecule has 0 saturated carbocycles. The Morgan fingerprint density at radius 2 is 1.91 bits per heavy atom. The Hall–Kier alpha value is -1.01. The number of halogens is 2. The van der Waals surface area contributed by atoms with Gasteiger partial charge < -0.3 is 9.64 Å². The van der Waals surface area contributed by atoms with Gasteiger partial charge in [-0.15, -0.1) is 11.8 Å². The number of hydrogen-bond acceptors (Lipinski definition) is 5.